The zero-order chi connectivity index (χ0) is 13.9. The molecule has 0 aliphatic heterocycles. The van der Waals surface area contributed by atoms with Gasteiger partial charge in [0.05, 0.1) is 11.7 Å². The second-order valence-electron chi connectivity index (χ2n) is 6.17. The molecule has 0 aromatic carbocycles. The topological polar surface area (TPSA) is 29.9 Å². The number of rotatable bonds is 5. The van der Waals surface area contributed by atoms with E-state index in [1.54, 1.807) is 0 Å². The van der Waals surface area contributed by atoms with Crippen LogP contribution in [0.1, 0.15) is 70.5 Å². The molecular weight excluding hydrogens is 222 g/mol. The molecule has 1 heterocycles. The van der Waals surface area contributed by atoms with Gasteiger partial charge in [0.25, 0.3) is 0 Å². The number of aryl methyl sites for hydroxylation is 1. The van der Waals surface area contributed by atoms with E-state index >= 15 is 0 Å². The van der Waals surface area contributed by atoms with Crippen molar-refractivity contribution in [1.29, 1.82) is 0 Å². The highest BCUT2D eigenvalue weighted by Crippen LogP contribution is 2.22. The van der Waals surface area contributed by atoms with Crippen molar-refractivity contribution in [3.8, 4) is 0 Å². The fourth-order valence-electron chi connectivity index (χ4n) is 2.30. The Kier molecular flexibility index (Phi) is 4.97. The summed E-state index contributed by atoms with van der Waals surface area (Å²) < 4.78 is 2.22. The Labute approximate surface area is 112 Å². The Morgan fingerprint density at radius 1 is 1.17 bits per heavy atom. The van der Waals surface area contributed by atoms with Gasteiger partial charge in [0, 0.05) is 23.3 Å². The average molecular weight is 251 g/mol. The Balaban J connectivity index is 2.94. The fraction of sp³-hybridized carbons (Fsp3) is 0.800. The minimum atomic E-state index is 0.149. The van der Waals surface area contributed by atoms with E-state index in [0.29, 0.717) is 6.04 Å². The van der Waals surface area contributed by atoms with Gasteiger partial charge < -0.3 is 5.32 Å². The maximum atomic E-state index is 4.73. The summed E-state index contributed by atoms with van der Waals surface area (Å²) in [5, 5.41) is 8.28. The van der Waals surface area contributed by atoms with Crippen molar-refractivity contribution < 1.29 is 0 Å². The normalized spacial score (nSPS) is 12.4. The third kappa shape index (κ3) is 3.58. The molecule has 18 heavy (non-hydrogen) atoms. The van der Waals surface area contributed by atoms with Crippen molar-refractivity contribution in [3.05, 3.63) is 17.0 Å². The van der Waals surface area contributed by atoms with Gasteiger partial charge in [-0.2, -0.15) is 5.10 Å². The largest absolute Gasteiger partial charge is 0.308 e. The molecular formula is C15H29N3. The van der Waals surface area contributed by atoms with E-state index in [2.05, 4.69) is 58.5 Å². The second-order valence-corrected chi connectivity index (χ2v) is 6.17. The molecule has 3 nitrogen and oxygen atoms in total. The predicted molar refractivity (Wildman–Crippen MR) is 77.9 cm³/mol. The Bertz CT molecular complexity index is 381. The molecule has 0 amide bonds. The van der Waals surface area contributed by atoms with Crippen LogP contribution in [-0.2, 0) is 6.54 Å². The van der Waals surface area contributed by atoms with Crippen LogP contribution in [0.25, 0.3) is 0 Å². The van der Waals surface area contributed by atoms with Crippen LogP contribution in [0.5, 0.6) is 0 Å². The molecule has 104 valence electrons. The first-order chi connectivity index (χ1) is 8.30. The summed E-state index contributed by atoms with van der Waals surface area (Å²) >= 11 is 0. The molecule has 1 aromatic heterocycles. The van der Waals surface area contributed by atoms with E-state index in [1.807, 2.05) is 0 Å². The maximum absolute atomic E-state index is 4.73. The highest BCUT2D eigenvalue weighted by molar-refractivity contribution is 5.25. The van der Waals surface area contributed by atoms with Crippen molar-refractivity contribution in [2.45, 2.75) is 79.4 Å². The highest BCUT2D eigenvalue weighted by Gasteiger charge is 2.18. The maximum Gasteiger partial charge on any atom is 0.0641 e. The standard InChI is InChI=1S/C15H29N3/c1-8-13(9-2)18-12(4)14(11(3)17-18)10-16-15(5,6)7/h13,16H,8-10H2,1-7H3. The molecule has 0 fully saturated rings. The van der Waals surface area contributed by atoms with E-state index < -0.39 is 0 Å². The summed E-state index contributed by atoms with van der Waals surface area (Å²) in [5.74, 6) is 0. The first-order valence-corrected chi connectivity index (χ1v) is 7.09. The van der Waals surface area contributed by atoms with Crippen LogP contribution in [0.4, 0.5) is 0 Å². The number of hydrogen-bond donors (Lipinski definition) is 1. The number of aromatic nitrogens is 2. The lowest BCUT2D eigenvalue weighted by molar-refractivity contribution is 0.413. The van der Waals surface area contributed by atoms with Crippen molar-refractivity contribution in [2.75, 3.05) is 0 Å². The summed E-state index contributed by atoms with van der Waals surface area (Å²) in [6, 6.07) is 0.534. The summed E-state index contributed by atoms with van der Waals surface area (Å²) in [6.45, 7) is 16.3. The first-order valence-electron chi connectivity index (χ1n) is 7.09. The molecule has 0 aliphatic carbocycles. The number of nitrogens with one attached hydrogen (secondary N) is 1. The van der Waals surface area contributed by atoms with Crippen LogP contribution < -0.4 is 5.32 Å². The van der Waals surface area contributed by atoms with E-state index in [4.69, 9.17) is 5.10 Å². The number of nitrogens with zero attached hydrogens (tertiary/aromatic N) is 2. The predicted octanol–water partition coefficient (Wildman–Crippen LogP) is 3.75. The van der Waals surface area contributed by atoms with Gasteiger partial charge in [-0.1, -0.05) is 13.8 Å². The van der Waals surface area contributed by atoms with Crippen molar-refractivity contribution in [1.82, 2.24) is 15.1 Å². The lowest BCUT2D eigenvalue weighted by Crippen LogP contribution is -2.35. The number of hydrogen-bond acceptors (Lipinski definition) is 2. The molecule has 1 rings (SSSR count). The summed E-state index contributed by atoms with van der Waals surface area (Å²) in [5.41, 5.74) is 3.99. The molecule has 1 aromatic rings. The molecule has 1 N–H and O–H groups in total. The van der Waals surface area contributed by atoms with Gasteiger partial charge in [-0.25, -0.2) is 0 Å². The summed E-state index contributed by atoms with van der Waals surface area (Å²) in [4.78, 5) is 0. The van der Waals surface area contributed by atoms with Gasteiger partial charge in [0.1, 0.15) is 0 Å². The average Bonchev–Trinajstić information content (AvgIpc) is 2.53. The van der Waals surface area contributed by atoms with E-state index in [-0.39, 0.29) is 5.54 Å². The Hall–Kier alpha value is -0.830. The molecule has 0 atom stereocenters. The van der Waals surface area contributed by atoms with Crippen LogP contribution in [-0.4, -0.2) is 15.3 Å². The van der Waals surface area contributed by atoms with Gasteiger partial charge in [-0.15, -0.1) is 0 Å². The molecule has 0 radical (unpaired) electrons. The summed E-state index contributed by atoms with van der Waals surface area (Å²) in [7, 11) is 0. The minimum Gasteiger partial charge on any atom is -0.308 e. The van der Waals surface area contributed by atoms with Crippen LogP contribution in [0.3, 0.4) is 0 Å². The molecule has 0 bridgehead atoms. The Morgan fingerprint density at radius 2 is 1.72 bits per heavy atom. The SMILES string of the molecule is CCC(CC)n1nc(C)c(CNC(C)(C)C)c1C. The molecule has 0 unspecified atom stereocenters. The van der Waals surface area contributed by atoms with Crippen LogP contribution >= 0.6 is 0 Å². The van der Waals surface area contributed by atoms with E-state index in [0.717, 1.165) is 25.1 Å². The lowest BCUT2D eigenvalue weighted by atomic mass is 10.1. The Morgan fingerprint density at radius 3 is 2.17 bits per heavy atom. The van der Waals surface area contributed by atoms with Crippen molar-refractivity contribution >= 4 is 0 Å². The van der Waals surface area contributed by atoms with Gasteiger partial charge in [-0.05, 0) is 47.5 Å². The van der Waals surface area contributed by atoms with Crippen LogP contribution in [0, 0.1) is 13.8 Å². The van der Waals surface area contributed by atoms with Crippen LogP contribution in [0.15, 0.2) is 0 Å². The molecule has 3 heteroatoms. The third-order valence-electron chi connectivity index (χ3n) is 3.56. The monoisotopic (exact) mass is 251 g/mol. The smallest absolute Gasteiger partial charge is 0.0641 e. The molecule has 0 saturated heterocycles. The van der Waals surface area contributed by atoms with E-state index in [1.165, 1.54) is 11.3 Å². The van der Waals surface area contributed by atoms with Crippen molar-refractivity contribution in [3.63, 3.8) is 0 Å². The van der Waals surface area contributed by atoms with Crippen molar-refractivity contribution in [2.24, 2.45) is 0 Å². The molecule has 0 spiro atoms. The van der Waals surface area contributed by atoms with Gasteiger partial charge in [-0.3, -0.25) is 4.68 Å². The second kappa shape index (κ2) is 5.87. The van der Waals surface area contributed by atoms with Gasteiger partial charge in [0.15, 0.2) is 0 Å². The van der Waals surface area contributed by atoms with Gasteiger partial charge >= 0.3 is 0 Å². The molecule has 0 aliphatic rings. The lowest BCUT2D eigenvalue weighted by Gasteiger charge is -2.21. The van der Waals surface area contributed by atoms with Gasteiger partial charge in [0.2, 0.25) is 0 Å². The summed E-state index contributed by atoms with van der Waals surface area (Å²) in [6.07, 6.45) is 2.29. The zero-order valence-electron chi connectivity index (χ0n) is 13.1. The quantitative estimate of drug-likeness (QED) is 0.863. The first kappa shape index (κ1) is 15.2. The van der Waals surface area contributed by atoms with E-state index in [9.17, 15) is 0 Å². The van der Waals surface area contributed by atoms with Crippen LogP contribution in [0.2, 0.25) is 0 Å². The minimum absolute atomic E-state index is 0.149. The zero-order valence-corrected chi connectivity index (χ0v) is 13.1. The fourth-order valence-corrected chi connectivity index (χ4v) is 2.30. The third-order valence-corrected chi connectivity index (χ3v) is 3.56. The highest BCUT2D eigenvalue weighted by atomic mass is 15.3. The molecule has 0 saturated carbocycles.